The number of aromatic nitrogens is 1. The average Bonchev–Trinajstić information content (AvgIpc) is 2.56. The first-order valence-electron chi connectivity index (χ1n) is 7.60. The minimum atomic E-state index is -1.30. The molecule has 6 heteroatoms. The van der Waals surface area contributed by atoms with Crippen LogP contribution in [0.15, 0.2) is 54.6 Å². The van der Waals surface area contributed by atoms with Crippen molar-refractivity contribution in [1.82, 2.24) is 4.98 Å². The van der Waals surface area contributed by atoms with Crippen LogP contribution in [-0.4, -0.2) is 21.7 Å². The third-order valence-electron chi connectivity index (χ3n) is 3.56. The van der Waals surface area contributed by atoms with Crippen LogP contribution in [0.5, 0.6) is 17.4 Å². The van der Waals surface area contributed by atoms with Crippen molar-refractivity contribution in [3.8, 4) is 17.4 Å². The van der Waals surface area contributed by atoms with E-state index in [0.29, 0.717) is 22.4 Å². The molecular formula is C19H16ClNO4. The molecule has 3 aromatic rings. The number of ether oxygens (including phenoxy) is 2. The van der Waals surface area contributed by atoms with Crippen LogP contribution in [0.25, 0.3) is 10.9 Å². The lowest BCUT2D eigenvalue weighted by molar-refractivity contribution is -0.152. The summed E-state index contributed by atoms with van der Waals surface area (Å²) in [7, 11) is 0. The molecule has 25 heavy (non-hydrogen) atoms. The molecule has 1 aromatic heterocycles. The van der Waals surface area contributed by atoms with Gasteiger partial charge in [-0.15, -0.1) is 0 Å². The SMILES string of the molecule is CC(C)(Oc1ccc(Oc2ccc3cc(Cl)ccc3n2)cc1)C(=O)O. The summed E-state index contributed by atoms with van der Waals surface area (Å²) >= 11 is 5.96. The normalized spacial score (nSPS) is 11.3. The summed E-state index contributed by atoms with van der Waals surface area (Å²) in [5.74, 6) is 0.435. The van der Waals surface area contributed by atoms with Crippen LogP contribution in [0.1, 0.15) is 13.8 Å². The molecule has 0 aliphatic rings. The van der Waals surface area contributed by atoms with Crippen LogP contribution in [-0.2, 0) is 4.79 Å². The van der Waals surface area contributed by atoms with Crippen LogP contribution in [0.3, 0.4) is 0 Å². The van der Waals surface area contributed by atoms with Crippen molar-refractivity contribution >= 4 is 28.5 Å². The van der Waals surface area contributed by atoms with Crippen molar-refractivity contribution in [2.45, 2.75) is 19.4 Å². The van der Waals surface area contributed by atoms with Gasteiger partial charge in [0.2, 0.25) is 5.88 Å². The van der Waals surface area contributed by atoms with Crippen LogP contribution in [0.2, 0.25) is 5.02 Å². The topological polar surface area (TPSA) is 68.7 Å². The molecule has 3 rings (SSSR count). The van der Waals surface area contributed by atoms with Gasteiger partial charge in [0.25, 0.3) is 0 Å². The molecular weight excluding hydrogens is 342 g/mol. The Labute approximate surface area is 149 Å². The minimum Gasteiger partial charge on any atom is -0.478 e. The molecule has 0 atom stereocenters. The Hall–Kier alpha value is -2.79. The summed E-state index contributed by atoms with van der Waals surface area (Å²) in [6.45, 7) is 2.98. The van der Waals surface area contributed by atoms with E-state index in [0.717, 1.165) is 10.9 Å². The number of halogens is 1. The number of hydrogen-bond donors (Lipinski definition) is 1. The number of nitrogens with zero attached hydrogens (tertiary/aromatic N) is 1. The maximum Gasteiger partial charge on any atom is 0.347 e. The number of rotatable bonds is 5. The van der Waals surface area contributed by atoms with Gasteiger partial charge in [-0.05, 0) is 62.4 Å². The van der Waals surface area contributed by atoms with E-state index in [2.05, 4.69) is 4.98 Å². The Morgan fingerprint density at radius 3 is 2.40 bits per heavy atom. The number of carbonyl (C=O) groups is 1. The number of benzene rings is 2. The predicted molar refractivity (Wildman–Crippen MR) is 95.6 cm³/mol. The molecule has 1 heterocycles. The molecule has 0 aliphatic carbocycles. The van der Waals surface area contributed by atoms with E-state index >= 15 is 0 Å². The van der Waals surface area contributed by atoms with Crippen molar-refractivity contribution in [3.63, 3.8) is 0 Å². The molecule has 0 radical (unpaired) electrons. The first kappa shape index (κ1) is 17.0. The smallest absolute Gasteiger partial charge is 0.347 e. The number of aliphatic carboxylic acids is 1. The quantitative estimate of drug-likeness (QED) is 0.701. The van der Waals surface area contributed by atoms with Crippen LogP contribution in [0, 0.1) is 0 Å². The average molecular weight is 358 g/mol. The number of pyridine rings is 1. The van der Waals surface area contributed by atoms with Gasteiger partial charge in [0.15, 0.2) is 5.60 Å². The van der Waals surface area contributed by atoms with Gasteiger partial charge < -0.3 is 14.6 Å². The number of fused-ring (bicyclic) bond motifs is 1. The highest BCUT2D eigenvalue weighted by atomic mass is 35.5. The van der Waals surface area contributed by atoms with E-state index < -0.39 is 11.6 Å². The molecule has 0 aliphatic heterocycles. The van der Waals surface area contributed by atoms with Gasteiger partial charge >= 0.3 is 5.97 Å². The third-order valence-corrected chi connectivity index (χ3v) is 3.79. The number of carboxylic acid groups (broad SMARTS) is 1. The van der Waals surface area contributed by atoms with Crippen LogP contribution in [0.4, 0.5) is 0 Å². The van der Waals surface area contributed by atoms with Crippen LogP contribution >= 0.6 is 11.6 Å². The van der Waals surface area contributed by atoms with Crippen molar-refractivity contribution in [2.75, 3.05) is 0 Å². The van der Waals surface area contributed by atoms with E-state index in [1.165, 1.54) is 13.8 Å². The lowest BCUT2D eigenvalue weighted by Crippen LogP contribution is -2.37. The second-order valence-electron chi connectivity index (χ2n) is 5.98. The highest BCUT2D eigenvalue weighted by molar-refractivity contribution is 6.31. The lowest BCUT2D eigenvalue weighted by atomic mass is 10.1. The van der Waals surface area contributed by atoms with E-state index in [1.807, 2.05) is 18.2 Å². The summed E-state index contributed by atoms with van der Waals surface area (Å²) in [5, 5.41) is 10.7. The van der Waals surface area contributed by atoms with Crippen molar-refractivity contribution in [1.29, 1.82) is 0 Å². The van der Waals surface area contributed by atoms with Gasteiger partial charge in [-0.1, -0.05) is 11.6 Å². The summed E-state index contributed by atoms with van der Waals surface area (Å²) in [4.78, 5) is 15.5. The Kier molecular flexibility index (Phi) is 4.51. The molecule has 0 fully saturated rings. The van der Waals surface area contributed by atoms with Gasteiger partial charge in [-0.2, -0.15) is 0 Å². The van der Waals surface area contributed by atoms with Crippen LogP contribution < -0.4 is 9.47 Å². The second-order valence-corrected chi connectivity index (χ2v) is 6.41. The molecule has 0 saturated heterocycles. The van der Waals surface area contributed by atoms with E-state index in [4.69, 9.17) is 26.2 Å². The highest BCUT2D eigenvalue weighted by Crippen LogP contribution is 2.27. The zero-order valence-corrected chi connectivity index (χ0v) is 14.4. The fourth-order valence-corrected chi connectivity index (χ4v) is 2.35. The predicted octanol–water partition coefficient (Wildman–Crippen LogP) is 4.92. The van der Waals surface area contributed by atoms with E-state index in [9.17, 15) is 4.79 Å². The molecule has 0 bridgehead atoms. The summed E-state index contributed by atoms with van der Waals surface area (Å²) in [6.07, 6.45) is 0. The number of carboxylic acids is 1. The monoisotopic (exact) mass is 357 g/mol. The number of hydrogen-bond acceptors (Lipinski definition) is 4. The second kappa shape index (κ2) is 6.61. The Morgan fingerprint density at radius 1 is 1.04 bits per heavy atom. The maximum absolute atomic E-state index is 11.1. The first-order chi connectivity index (χ1) is 11.8. The molecule has 0 saturated carbocycles. The third kappa shape index (κ3) is 4.00. The molecule has 128 valence electrons. The minimum absolute atomic E-state index is 0.445. The Balaban J connectivity index is 1.75. The Bertz CT molecular complexity index is 922. The van der Waals surface area contributed by atoms with Gasteiger partial charge in [-0.3, -0.25) is 0 Å². The van der Waals surface area contributed by atoms with Gasteiger partial charge in [-0.25, -0.2) is 9.78 Å². The molecule has 2 aromatic carbocycles. The standard InChI is InChI=1S/C19H16ClNO4/c1-19(2,18(22)23)25-15-7-5-14(6-8-15)24-17-10-3-12-11-13(20)4-9-16(12)21-17/h3-11H,1-2H3,(H,22,23). The fourth-order valence-electron chi connectivity index (χ4n) is 2.17. The zero-order chi connectivity index (χ0) is 18.0. The summed E-state index contributed by atoms with van der Waals surface area (Å²) in [5.41, 5.74) is -0.520. The molecule has 0 unspecified atom stereocenters. The molecule has 0 amide bonds. The highest BCUT2D eigenvalue weighted by Gasteiger charge is 2.29. The fraction of sp³-hybridized carbons (Fsp3) is 0.158. The van der Waals surface area contributed by atoms with Gasteiger partial charge in [0.05, 0.1) is 5.52 Å². The van der Waals surface area contributed by atoms with E-state index in [1.54, 1.807) is 36.4 Å². The maximum atomic E-state index is 11.1. The van der Waals surface area contributed by atoms with Crippen molar-refractivity contribution in [3.05, 3.63) is 59.6 Å². The first-order valence-corrected chi connectivity index (χ1v) is 7.98. The zero-order valence-electron chi connectivity index (χ0n) is 13.7. The molecule has 5 nitrogen and oxygen atoms in total. The summed E-state index contributed by atoms with van der Waals surface area (Å²) in [6, 6.07) is 15.8. The Morgan fingerprint density at radius 2 is 1.72 bits per heavy atom. The van der Waals surface area contributed by atoms with Crippen molar-refractivity contribution in [2.24, 2.45) is 0 Å². The van der Waals surface area contributed by atoms with E-state index in [-0.39, 0.29) is 0 Å². The van der Waals surface area contributed by atoms with Gasteiger partial charge in [0.1, 0.15) is 11.5 Å². The largest absolute Gasteiger partial charge is 0.478 e. The summed E-state index contributed by atoms with van der Waals surface area (Å²) < 4.78 is 11.2. The molecule has 1 N–H and O–H groups in total. The van der Waals surface area contributed by atoms with Crippen molar-refractivity contribution < 1.29 is 19.4 Å². The van der Waals surface area contributed by atoms with Gasteiger partial charge in [0, 0.05) is 16.5 Å². The lowest BCUT2D eigenvalue weighted by Gasteiger charge is -2.21. The molecule has 0 spiro atoms.